The molecule has 7 heteroatoms. The molecule has 1 atom stereocenters. The first-order chi connectivity index (χ1) is 10.1. The Labute approximate surface area is 124 Å². The van der Waals surface area contributed by atoms with E-state index in [-0.39, 0.29) is 5.69 Å². The van der Waals surface area contributed by atoms with Gasteiger partial charge in [0.2, 0.25) is 0 Å². The Kier molecular flexibility index (Phi) is 4.99. The van der Waals surface area contributed by atoms with E-state index in [1.807, 2.05) is 30.3 Å². The Morgan fingerprint density at radius 1 is 1.33 bits per heavy atom. The SMILES string of the molecule is Cc1cc([N+](=O)[O-])cnc1NCCS(=O)c1ccccc1. The van der Waals surface area contributed by atoms with E-state index in [1.54, 1.807) is 6.92 Å². The largest absolute Gasteiger partial charge is 0.369 e. The highest BCUT2D eigenvalue weighted by Crippen LogP contribution is 2.17. The standard InChI is InChI=1S/C14H15N3O3S/c1-11-9-12(17(18)19)10-16-14(11)15-7-8-21(20)13-5-3-2-4-6-13/h2-6,9-10H,7-8H2,1H3,(H,15,16). The third kappa shape index (κ3) is 4.09. The van der Waals surface area contributed by atoms with Crippen LogP contribution >= 0.6 is 0 Å². The van der Waals surface area contributed by atoms with E-state index in [4.69, 9.17) is 0 Å². The van der Waals surface area contributed by atoms with E-state index in [1.165, 1.54) is 12.3 Å². The van der Waals surface area contributed by atoms with E-state index in [0.717, 1.165) is 4.90 Å². The summed E-state index contributed by atoms with van der Waals surface area (Å²) in [5, 5.41) is 13.7. The van der Waals surface area contributed by atoms with Crippen molar-refractivity contribution in [2.45, 2.75) is 11.8 Å². The van der Waals surface area contributed by atoms with Crippen LogP contribution < -0.4 is 5.32 Å². The number of hydrogen-bond acceptors (Lipinski definition) is 5. The van der Waals surface area contributed by atoms with Gasteiger partial charge in [0.1, 0.15) is 12.0 Å². The van der Waals surface area contributed by atoms with Gasteiger partial charge in [0.15, 0.2) is 0 Å². The summed E-state index contributed by atoms with van der Waals surface area (Å²) in [6.07, 6.45) is 1.21. The van der Waals surface area contributed by atoms with Gasteiger partial charge in [0, 0.05) is 23.3 Å². The van der Waals surface area contributed by atoms with Crippen molar-refractivity contribution in [3.05, 3.63) is 58.3 Å². The summed E-state index contributed by atoms with van der Waals surface area (Å²) in [4.78, 5) is 15.0. The summed E-state index contributed by atoms with van der Waals surface area (Å²) in [7, 11) is -1.07. The Morgan fingerprint density at radius 3 is 2.67 bits per heavy atom. The zero-order valence-electron chi connectivity index (χ0n) is 11.5. The molecule has 1 aromatic carbocycles. The van der Waals surface area contributed by atoms with Gasteiger partial charge in [-0.2, -0.15) is 0 Å². The molecule has 0 amide bonds. The molecule has 2 aromatic rings. The highest BCUT2D eigenvalue weighted by Gasteiger charge is 2.09. The first-order valence-electron chi connectivity index (χ1n) is 6.36. The first kappa shape index (κ1) is 15.1. The van der Waals surface area contributed by atoms with E-state index in [9.17, 15) is 14.3 Å². The van der Waals surface area contributed by atoms with Crippen LogP contribution in [-0.2, 0) is 10.8 Å². The molecule has 0 fully saturated rings. The fourth-order valence-electron chi connectivity index (χ4n) is 1.80. The maximum atomic E-state index is 12.0. The smallest absolute Gasteiger partial charge is 0.287 e. The number of hydrogen-bond donors (Lipinski definition) is 1. The third-order valence-electron chi connectivity index (χ3n) is 2.86. The van der Waals surface area contributed by atoms with E-state index in [0.29, 0.717) is 23.7 Å². The first-order valence-corrected chi connectivity index (χ1v) is 7.68. The molecule has 21 heavy (non-hydrogen) atoms. The van der Waals surface area contributed by atoms with Gasteiger partial charge >= 0.3 is 0 Å². The molecule has 1 heterocycles. The molecular weight excluding hydrogens is 290 g/mol. The molecule has 0 saturated heterocycles. The maximum Gasteiger partial charge on any atom is 0.287 e. The topological polar surface area (TPSA) is 85.1 Å². The van der Waals surface area contributed by atoms with Gasteiger partial charge in [-0.1, -0.05) is 18.2 Å². The van der Waals surface area contributed by atoms with E-state index >= 15 is 0 Å². The number of nitrogens with one attached hydrogen (secondary N) is 1. The minimum absolute atomic E-state index is 0.0362. The lowest BCUT2D eigenvalue weighted by molar-refractivity contribution is -0.385. The summed E-state index contributed by atoms with van der Waals surface area (Å²) in [5.41, 5.74) is 0.653. The second-order valence-electron chi connectivity index (χ2n) is 4.41. The van der Waals surface area contributed by atoms with Crippen LogP contribution in [0.2, 0.25) is 0 Å². The molecule has 0 aliphatic carbocycles. The van der Waals surface area contributed by atoms with Crippen LogP contribution in [-0.4, -0.2) is 26.4 Å². The van der Waals surface area contributed by atoms with Gasteiger partial charge in [-0.05, 0) is 24.6 Å². The van der Waals surface area contributed by atoms with Crippen molar-refractivity contribution < 1.29 is 9.13 Å². The lowest BCUT2D eigenvalue weighted by Gasteiger charge is -2.08. The van der Waals surface area contributed by atoms with Crippen molar-refractivity contribution in [2.75, 3.05) is 17.6 Å². The Balaban J connectivity index is 1.92. The quantitative estimate of drug-likeness (QED) is 0.654. The van der Waals surface area contributed by atoms with Gasteiger partial charge < -0.3 is 5.32 Å². The molecule has 0 radical (unpaired) electrons. The summed E-state index contributed by atoms with van der Waals surface area (Å²) in [5.74, 6) is 1.02. The average Bonchev–Trinajstić information content (AvgIpc) is 2.49. The van der Waals surface area contributed by atoms with Crippen molar-refractivity contribution in [1.82, 2.24) is 4.98 Å². The van der Waals surface area contributed by atoms with E-state index < -0.39 is 15.7 Å². The maximum absolute atomic E-state index is 12.0. The van der Waals surface area contributed by atoms with Gasteiger partial charge in [0.25, 0.3) is 5.69 Å². The number of benzene rings is 1. The number of rotatable bonds is 6. The van der Waals surface area contributed by atoms with Crippen LogP contribution in [0.3, 0.4) is 0 Å². The number of aromatic nitrogens is 1. The molecule has 0 spiro atoms. The fraction of sp³-hybridized carbons (Fsp3) is 0.214. The number of nitrogens with zero attached hydrogens (tertiary/aromatic N) is 2. The molecule has 2 rings (SSSR count). The monoisotopic (exact) mass is 305 g/mol. The van der Waals surface area contributed by atoms with Crippen LogP contribution in [0.25, 0.3) is 0 Å². The van der Waals surface area contributed by atoms with E-state index in [2.05, 4.69) is 10.3 Å². The summed E-state index contributed by atoms with van der Waals surface area (Å²) in [6, 6.07) is 10.7. The predicted octanol–water partition coefficient (Wildman–Crippen LogP) is 2.52. The molecule has 0 aliphatic rings. The Bertz CT molecular complexity index is 662. The Morgan fingerprint density at radius 2 is 2.05 bits per heavy atom. The molecule has 0 aliphatic heterocycles. The van der Waals surface area contributed by atoms with Crippen LogP contribution in [0.4, 0.5) is 11.5 Å². The summed E-state index contributed by atoms with van der Waals surface area (Å²) >= 11 is 0. The minimum Gasteiger partial charge on any atom is -0.369 e. The van der Waals surface area contributed by atoms with Crippen molar-refractivity contribution in [2.24, 2.45) is 0 Å². The molecular formula is C14H15N3O3S. The third-order valence-corrected chi connectivity index (χ3v) is 4.23. The lowest BCUT2D eigenvalue weighted by atomic mass is 10.2. The fourth-order valence-corrected chi connectivity index (χ4v) is 2.78. The zero-order chi connectivity index (χ0) is 15.2. The van der Waals surface area contributed by atoms with Crippen molar-refractivity contribution in [3.63, 3.8) is 0 Å². The highest BCUT2D eigenvalue weighted by molar-refractivity contribution is 7.85. The molecule has 110 valence electrons. The van der Waals surface area contributed by atoms with Crippen LogP contribution in [0.15, 0.2) is 47.5 Å². The van der Waals surface area contributed by atoms with Crippen LogP contribution in [0.1, 0.15) is 5.56 Å². The van der Waals surface area contributed by atoms with Crippen molar-refractivity contribution in [1.29, 1.82) is 0 Å². The van der Waals surface area contributed by atoms with Crippen LogP contribution in [0, 0.1) is 17.0 Å². The summed E-state index contributed by atoms with van der Waals surface area (Å²) < 4.78 is 12.0. The lowest BCUT2D eigenvalue weighted by Crippen LogP contribution is -2.12. The molecule has 6 nitrogen and oxygen atoms in total. The number of aryl methyl sites for hydroxylation is 1. The van der Waals surface area contributed by atoms with Gasteiger partial charge in [0.05, 0.1) is 15.7 Å². The van der Waals surface area contributed by atoms with Crippen LogP contribution in [0.5, 0.6) is 0 Å². The average molecular weight is 305 g/mol. The highest BCUT2D eigenvalue weighted by atomic mass is 32.2. The number of anilines is 1. The molecule has 1 unspecified atom stereocenters. The number of nitro groups is 1. The normalized spacial score (nSPS) is 11.9. The Hall–Kier alpha value is -2.28. The van der Waals surface area contributed by atoms with Gasteiger partial charge in [-0.15, -0.1) is 0 Å². The predicted molar refractivity (Wildman–Crippen MR) is 81.8 cm³/mol. The number of pyridine rings is 1. The summed E-state index contributed by atoms with van der Waals surface area (Å²) in [6.45, 7) is 2.23. The zero-order valence-corrected chi connectivity index (χ0v) is 12.3. The van der Waals surface area contributed by atoms with Gasteiger partial charge in [-0.3, -0.25) is 14.3 Å². The molecule has 0 saturated carbocycles. The molecule has 1 N–H and O–H groups in total. The van der Waals surface area contributed by atoms with Gasteiger partial charge in [-0.25, -0.2) is 4.98 Å². The molecule has 0 bridgehead atoms. The second kappa shape index (κ2) is 6.94. The molecule has 1 aromatic heterocycles. The second-order valence-corrected chi connectivity index (χ2v) is 5.98. The minimum atomic E-state index is -1.07. The van der Waals surface area contributed by atoms with Crippen molar-refractivity contribution in [3.8, 4) is 0 Å². The van der Waals surface area contributed by atoms with Crippen molar-refractivity contribution >= 4 is 22.3 Å².